The minimum absolute atomic E-state index is 0.210. The van der Waals surface area contributed by atoms with Gasteiger partial charge in [-0.2, -0.15) is 0 Å². The lowest BCUT2D eigenvalue weighted by molar-refractivity contribution is -0.157. The van der Waals surface area contributed by atoms with E-state index in [9.17, 15) is 9.59 Å². The normalized spacial score (nSPS) is 11.8. The minimum Gasteiger partial charge on any atom is -0.466 e. The molecule has 4 heteroatoms. The first kappa shape index (κ1) is 7.94. The van der Waals surface area contributed by atoms with Gasteiger partial charge in [0.25, 0.3) is 6.47 Å². The summed E-state index contributed by atoms with van der Waals surface area (Å²) in [4.78, 5) is 20.0. The predicted octanol–water partition coefficient (Wildman–Crippen LogP) is -0.279. The molecule has 0 bridgehead atoms. The molecular weight excluding hydrogens is 124 g/mol. The molecule has 0 aliphatic rings. The Morgan fingerprint density at radius 1 is 1.67 bits per heavy atom. The number of hydrogen-bond donors (Lipinski definition) is 0. The lowest BCUT2D eigenvalue weighted by atomic mass is 10.4. The largest absolute Gasteiger partial charge is 0.466 e. The van der Waals surface area contributed by atoms with Gasteiger partial charge in [-0.3, -0.25) is 4.79 Å². The molecule has 0 aromatic rings. The highest BCUT2D eigenvalue weighted by Crippen LogP contribution is 1.89. The van der Waals surface area contributed by atoms with E-state index in [-0.39, 0.29) is 6.47 Å². The van der Waals surface area contributed by atoms with Crippen LogP contribution < -0.4 is 0 Å². The van der Waals surface area contributed by atoms with Gasteiger partial charge in [0.2, 0.25) is 0 Å². The molecule has 0 radical (unpaired) electrons. The molecule has 0 aliphatic carbocycles. The summed E-state index contributed by atoms with van der Waals surface area (Å²) >= 11 is 0. The van der Waals surface area contributed by atoms with Crippen molar-refractivity contribution in [3.8, 4) is 0 Å². The molecule has 0 saturated heterocycles. The van der Waals surface area contributed by atoms with Crippen molar-refractivity contribution < 1.29 is 19.1 Å². The molecule has 9 heavy (non-hydrogen) atoms. The van der Waals surface area contributed by atoms with Crippen LogP contribution in [0.2, 0.25) is 0 Å². The number of carbonyl (C=O) groups excluding carboxylic acids is 2. The third-order valence-electron chi connectivity index (χ3n) is 0.793. The van der Waals surface area contributed by atoms with Crippen LogP contribution in [0.5, 0.6) is 0 Å². The van der Waals surface area contributed by atoms with Crippen LogP contribution in [0.15, 0.2) is 0 Å². The highest BCUT2D eigenvalue weighted by Gasteiger charge is 2.12. The zero-order chi connectivity index (χ0) is 7.28. The predicted molar refractivity (Wildman–Crippen MR) is 28.6 cm³/mol. The summed E-state index contributed by atoms with van der Waals surface area (Å²) < 4.78 is 8.48. The molecule has 52 valence electrons. The lowest BCUT2D eigenvalue weighted by Crippen LogP contribution is -2.21. The maximum absolute atomic E-state index is 10.4. The third-order valence-corrected chi connectivity index (χ3v) is 0.793. The number of rotatable bonds is 3. The summed E-state index contributed by atoms with van der Waals surface area (Å²) in [6.45, 7) is 1.64. The van der Waals surface area contributed by atoms with Gasteiger partial charge in [0.05, 0.1) is 7.11 Å². The first-order valence-electron chi connectivity index (χ1n) is 2.39. The lowest BCUT2D eigenvalue weighted by Gasteiger charge is -2.04. The van der Waals surface area contributed by atoms with E-state index in [0.717, 1.165) is 0 Å². The van der Waals surface area contributed by atoms with Crippen molar-refractivity contribution in [2.75, 3.05) is 7.11 Å². The number of hydrogen-bond acceptors (Lipinski definition) is 4. The second kappa shape index (κ2) is 3.88. The van der Waals surface area contributed by atoms with Gasteiger partial charge < -0.3 is 9.47 Å². The highest BCUT2D eigenvalue weighted by atomic mass is 16.6. The van der Waals surface area contributed by atoms with Gasteiger partial charge in [-0.05, 0) is 6.92 Å². The molecule has 1 unspecified atom stereocenters. The first-order valence-corrected chi connectivity index (χ1v) is 2.39. The molecule has 0 aliphatic heterocycles. The van der Waals surface area contributed by atoms with Crippen LogP contribution in [-0.2, 0) is 19.1 Å². The Bertz CT molecular complexity index is 110. The van der Waals surface area contributed by atoms with Crippen molar-refractivity contribution in [2.45, 2.75) is 13.0 Å². The summed E-state index contributed by atoms with van der Waals surface area (Å²) in [6, 6.07) is 0. The Balaban J connectivity index is 3.58. The average molecular weight is 132 g/mol. The first-order chi connectivity index (χ1) is 4.22. The number of carbonyl (C=O) groups is 2. The van der Waals surface area contributed by atoms with Crippen LogP contribution in [-0.4, -0.2) is 25.7 Å². The van der Waals surface area contributed by atoms with Gasteiger partial charge in [0.1, 0.15) is 0 Å². The van der Waals surface area contributed by atoms with Gasteiger partial charge in [-0.1, -0.05) is 0 Å². The summed E-state index contributed by atoms with van der Waals surface area (Å²) in [5, 5.41) is 0. The third kappa shape index (κ3) is 2.69. The van der Waals surface area contributed by atoms with E-state index in [1.807, 2.05) is 0 Å². The molecule has 1 atom stereocenters. The molecule has 4 nitrogen and oxygen atoms in total. The standard InChI is InChI=1S/C5H8O4/c1-4(9-3-6)5(7)8-2/h3-4H,1-2H3. The van der Waals surface area contributed by atoms with Gasteiger partial charge in [0.15, 0.2) is 6.10 Å². The number of esters is 1. The van der Waals surface area contributed by atoms with E-state index in [2.05, 4.69) is 9.47 Å². The van der Waals surface area contributed by atoms with Crippen LogP contribution in [0.1, 0.15) is 6.92 Å². The Hall–Kier alpha value is -1.06. The van der Waals surface area contributed by atoms with E-state index < -0.39 is 12.1 Å². The van der Waals surface area contributed by atoms with Gasteiger partial charge in [0, 0.05) is 0 Å². The van der Waals surface area contributed by atoms with Crippen LogP contribution in [0, 0.1) is 0 Å². The number of methoxy groups -OCH3 is 1. The number of ether oxygens (including phenoxy) is 2. The van der Waals surface area contributed by atoms with E-state index in [1.165, 1.54) is 14.0 Å². The molecule has 0 fully saturated rings. The maximum atomic E-state index is 10.4. The Kier molecular flexibility index (Phi) is 3.43. The van der Waals surface area contributed by atoms with Gasteiger partial charge in [-0.15, -0.1) is 0 Å². The Morgan fingerprint density at radius 2 is 2.22 bits per heavy atom. The van der Waals surface area contributed by atoms with E-state index in [4.69, 9.17) is 0 Å². The zero-order valence-electron chi connectivity index (χ0n) is 5.29. The summed E-state index contributed by atoms with van der Waals surface area (Å²) in [5.74, 6) is -0.554. The van der Waals surface area contributed by atoms with Crippen LogP contribution in [0.25, 0.3) is 0 Å². The van der Waals surface area contributed by atoms with Crippen molar-refractivity contribution >= 4 is 12.4 Å². The molecule has 0 heterocycles. The van der Waals surface area contributed by atoms with Gasteiger partial charge >= 0.3 is 5.97 Å². The second-order valence-electron chi connectivity index (χ2n) is 1.40. The quantitative estimate of drug-likeness (QED) is 0.391. The van der Waals surface area contributed by atoms with E-state index in [1.54, 1.807) is 0 Å². The smallest absolute Gasteiger partial charge is 0.346 e. The fourth-order valence-electron chi connectivity index (χ4n) is 0.305. The molecule has 0 aromatic heterocycles. The topological polar surface area (TPSA) is 52.6 Å². The summed E-state index contributed by atoms with van der Waals surface area (Å²) in [7, 11) is 1.23. The SMILES string of the molecule is COC(=O)C(C)OC=O. The van der Waals surface area contributed by atoms with Crippen LogP contribution in [0.3, 0.4) is 0 Å². The van der Waals surface area contributed by atoms with Gasteiger partial charge in [-0.25, -0.2) is 4.79 Å². The molecular formula is C5H8O4. The molecule has 0 aromatic carbocycles. The maximum Gasteiger partial charge on any atom is 0.346 e. The molecule has 0 amide bonds. The fraction of sp³-hybridized carbons (Fsp3) is 0.600. The van der Waals surface area contributed by atoms with E-state index >= 15 is 0 Å². The Labute approximate surface area is 52.7 Å². The van der Waals surface area contributed by atoms with Crippen LogP contribution >= 0.6 is 0 Å². The summed E-state index contributed by atoms with van der Waals surface area (Å²) in [5.41, 5.74) is 0. The van der Waals surface area contributed by atoms with Crippen molar-refractivity contribution in [1.29, 1.82) is 0 Å². The molecule has 0 saturated carbocycles. The van der Waals surface area contributed by atoms with E-state index in [0.29, 0.717) is 0 Å². The minimum atomic E-state index is -0.799. The average Bonchev–Trinajstić information content (AvgIpc) is 1.87. The van der Waals surface area contributed by atoms with Crippen molar-refractivity contribution in [3.63, 3.8) is 0 Å². The molecule has 0 rings (SSSR count). The van der Waals surface area contributed by atoms with Crippen LogP contribution in [0.4, 0.5) is 0 Å². The monoisotopic (exact) mass is 132 g/mol. The van der Waals surface area contributed by atoms with Crippen molar-refractivity contribution in [1.82, 2.24) is 0 Å². The summed E-state index contributed by atoms with van der Waals surface area (Å²) in [6.07, 6.45) is -0.799. The fourth-order valence-corrected chi connectivity index (χ4v) is 0.305. The second-order valence-corrected chi connectivity index (χ2v) is 1.40. The highest BCUT2D eigenvalue weighted by molar-refractivity contribution is 5.75. The van der Waals surface area contributed by atoms with Crippen molar-refractivity contribution in [2.24, 2.45) is 0 Å². The molecule has 0 spiro atoms. The van der Waals surface area contributed by atoms with Crippen molar-refractivity contribution in [3.05, 3.63) is 0 Å². The zero-order valence-corrected chi connectivity index (χ0v) is 5.29. The molecule has 0 N–H and O–H groups in total. The Morgan fingerprint density at radius 3 is 2.56 bits per heavy atom.